The molecule has 1 N–H and O–H groups in total. The third-order valence-corrected chi connectivity index (χ3v) is 2.12. The number of hydrogen-bond donors (Lipinski definition) is 1. The standard InChI is InChI=1S/C10H21N2O/c1-9(13)10(11-2)7-5-6-8-12(3)4/h10-11H,3,5-8H2,1-2,4H3/q+1. The number of hydrogen-bond acceptors (Lipinski definition) is 2. The van der Waals surface area contributed by atoms with Gasteiger partial charge in [-0.15, -0.1) is 0 Å². The first kappa shape index (κ1) is 12.3. The van der Waals surface area contributed by atoms with Crippen molar-refractivity contribution < 1.29 is 9.37 Å². The van der Waals surface area contributed by atoms with Gasteiger partial charge in [0, 0.05) is 6.42 Å². The molecular formula is C10H21N2O+. The molecule has 0 aliphatic carbocycles. The molecule has 0 aromatic heterocycles. The van der Waals surface area contributed by atoms with Crippen molar-refractivity contribution in [3.8, 4) is 0 Å². The molecule has 76 valence electrons. The Labute approximate surface area is 80.8 Å². The van der Waals surface area contributed by atoms with Crippen LogP contribution in [0.4, 0.5) is 0 Å². The number of rotatable bonds is 7. The molecule has 0 aliphatic heterocycles. The van der Waals surface area contributed by atoms with E-state index in [1.54, 1.807) is 6.92 Å². The average Bonchev–Trinajstić information content (AvgIpc) is 2.03. The fraction of sp³-hybridized carbons (Fsp3) is 0.800. The Bertz CT molecular complexity index is 178. The first-order chi connectivity index (χ1) is 6.07. The minimum absolute atomic E-state index is 0.0371. The quantitative estimate of drug-likeness (QED) is 0.359. The van der Waals surface area contributed by atoms with E-state index >= 15 is 0 Å². The maximum absolute atomic E-state index is 11.0. The lowest BCUT2D eigenvalue weighted by Crippen LogP contribution is -2.32. The number of carbonyl (C=O) groups excluding carboxylic acids is 1. The fourth-order valence-electron chi connectivity index (χ4n) is 1.28. The van der Waals surface area contributed by atoms with Gasteiger partial charge in [0.15, 0.2) is 0 Å². The number of Topliss-reactive ketones (excluding diaryl/α,β-unsaturated/α-hetero) is 1. The van der Waals surface area contributed by atoms with Crippen LogP contribution in [0.5, 0.6) is 0 Å². The van der Waals surface area contributed by atoms with Gasteiger partial charge in [0.25, 0.3) is 0 Å². The molecule has 0 radical (unpaired) electrons. The predicted molar refractivity (Wildman–Crippen MR) is 55.6 cm³/mol. The first-order valence-corrected chi connectivity index (χ1v) is 4.77. The van der Waals surface area contributed by atoms with Crippen LogP contribution < -0.4 is 5.32 Å². The number of nitrogens with zero attached hydrogens (tertiary/aromatic N) is 1. The van der Waals surface area contributed by atoms with Crippen molar-refractivity contribution in [2.45, 2.75) is 32.2 Å². The summed E-state index contributed by atoms with van der Waals surface area (Å²) in [5.74, 6) is 0.227. The average molecular weight is 185 g/mol. The summed E-state index contributed by atoms with van der Waals surface area (Å²) in [6, 6.07) is 0.0371. The van der Waals surface area contributed by atoms with Crippen LogP contribution >= 0.6 is 0 Å². The van der Waals surface area contributed by atoms with E-state index in [0.29, 0.717) is 0 Å². The normalized spacial score (nSPS) is 12.5. The maximum atomic E-state index is 11.0. The molecule has 0 rings (SSSR count). The summed E-state index contributed by atoms with van der Waals surface area (Å²) in [5, 5.41) is 3.01. The molecule has 1 atom stereocenters. The highest BCUT2D eigenvalue weighted by Crippen LogP contribution is 2.01. The zero-order valence-corrected chi connectivity index (χ0v) is 8.97. The molecule has 0 amide bonds. The third kappa shape index (κ3) is 6.46. The monoisotopic (exact) mass is 185 g/mol. The highest BCUT2D eigenvalue weighted by atomic mass is 16.1. The number of unbranched alkanes of at least 4 members (excludes halogenated alkanes) is 1. The third-order valence-electron chi connectivity index (χ3n) is 2.12. The van der Waals surface area contributed by atoms with Crippen molar-refractivity contribution in [2.24, 2.45) is 0 Å². The SMILES string of the molecule is C=[N+](C)CCCCC(NC)C(C)=O. The highest BCUT2D eigenvalue weighted by Gasteiger charge is 2.10. The molecule has 1 unspecified atom stereocenters. The smallest absolute Gasteiger partial charge is 0.146 e. The van der Waals surface area contributed by atoms with Gasteiger partial charge in [-0.1, -0.05) is 0 Å². The zero-order chi connectivity index (χ0) is 10.3. The highest BCUT2D eigenvalue weighted by molar-refractivity contribution is 5.81. The molecule has 0 saturated heterocycles. The summed E-state index contributed by atoms with van der Waals surface area (Å²) in [5.41, 5.74) is 0. The van der Waals surface area contributed by atoms with Crippen LogP contribution in [-0.2, 0) is 4.79 Å². The van der Waals surface area contributed by atoms with Crippen LogP contribution in [0.3, 0.4) is 0 Å². The van der Waals surface area contributed by atoms with Crippen molar-refractivity contribution in [2.75, 3.05) is 20.6 Å². The van der Waals surface area contributed by atoms with E-state index in [0.717, 1.165) is 25.8 Å². The fourth-order valence-corrected chi connectivity index (χ4v) is 1.28. The Kier molecular flexibility index (Phi) is 6.41. The summed E-state index contributed by atoms with van der Waals surface area (Å²) < 4.78 is 1.92. The van der Waals surface area contributed by atoms with Gasteiger partial charge in [-0.2, -0.15) is 0 Å². The molecule has 0 aromatic carbocycles. The van der Waals surface area contributed by atoms with Crippen molar-refractivity contribution in [3.63, 3.8) is 0 Å². The molecule has 0 aromatic rings. The molecule has 0 spiro atoms. The van der Waals surface area contributed by atoms with E-state index < -0.39 is 0 Å². The molecular weight excluding hydrogens is 164 g/mol. The molecule has 0 fully saturated rings. The molecule has 3 heteroatoms. The number of carbonyl (C=O) groups is 1. The topological polar surface area (TPSA) is 32.1 Å². The summed E-state index contributed by atoms with van der Waals surface area (Å²) in [4.78, 5) is 11.0. The van der Waals surface area contributed by atoms with Gasteiger partial charge in [0.05, 0.1) is 6.04 Å². The van der Waals surface area contributed by atoms with Crippen LogP contribution in [0.25, 0.3) is 0 Å². The van der Waals surface area contributed by atoms with Crippen LogP contribution in [0.2, 0.25) is 0 Å². The van der Waals surface area contributed by atoms with Crippen molar-refractivity contribution >= 4 is 12.5 Å². The van der Waals surface area contributed by atoms with Crippen LogP contribution in [-0.4, -0.2) is 43.8 Å². The predicted octanol–water partition coefficient (Wildman–Crippen LogP) is 0.677. The van der Waals surface area contributed by atoms with Crippen molar-refractivity contribution in [1.82, 2.24) is 5.32 Å². The molecule has 0 bridgehead atoms. The summed E-state index contributed by atoms with van der Waals surface area (Å²) in [6.07, 6.45) is 3.11. The Balaban J connectivity index is 3.50. The lowest BCUT2D eigenvalue weighted by atomic mass is 10.1. The van der Waals surface area contributed by atoms with Crippen LogP contribution in [0.15, 0.2) is 0 Å². The van der Waals surface area contributed by atoms with Gasteiger partial charge < -0.3 is 5.32 Å². The molecule has 3 nitrogen and oxygen atoms in total. The summed E-state index contributed by atoms with van der Waals surface area (Å²) >= 11 is 0. The summed E-state index contributed by atoms with van der Waals surface area (Å²) in [6.45, 7) is 6.39. The largest absolute Gasteiger partial charge is 0.311 e. The van der Waals surface area contributed by atoms with Gasteiger partial charge >= 0.3 is 0 Å². The molecule has 13 heavy (non-hydrogen) atoms. The van der Waals surface area contributed by atoms with E-state index in [2.05, 4.69) is 12.0 Å². The molecule has 0 saturated carbocycles. The Hall–Kier alpha value is -0.700. The second kappa shape index (κ2) is 6.78. The van der Waals surface area contributed by atoms with Crippen molar-refractivity contribution in [1.29, 1.82) is 0 Å². The van der Waals surface area contributed by atoms with Crippen molar-refractivity contribution in [3.05, 3.63) is 0 Å². The second-order valence-corrected chi connectivity index (χ2v) is 3.53. The van der Waals surface area contributed by atoms with E-state index in [4.69, 9.17) is 0 Å². The number of nitrogens with one attached hydrogen (secondary N) is 1. The van der Waals surface area contributed by atoms with Crippen LogP contribution in [0.1, 0.15) is 26.2 Å². The Morgan fingerprint density at radius 2 is 2.15 bits per heavy atom. The van der Waals surface area contributed by atoms with Gasteiger partial charge in [-0.25, -0.2) is 4.58 Å². The first-order valence-electron chi connectivity index (χ1n) is 4.77. The lowest BCUT2D eigenvalue weighted by Gasteiger charge is -2.11. The van der Waals surface area contributed by atoms with E-state index in [9.17, 15) is 4.79 Å². The Morgan fingerprint density at radius 3 is 2.54 bits per heavy atom. The van der Waals surface area contributed by atoms with Gasteiger partial charge in [-0.05, 0) is 26.8 Å². The van der Waals surface area contributed by atoms with Gasteiger partial charge in [0.1, 0.15) is 26.1 Å². The van der Waals surface area contributed by atoms with Crippen LogP contribution in [0, 0.1) is 0 Å². The van der Waals surface area contributed by atoms with Gasteiger partial charge in [-0.3, -0.25) is 4.79 Å². The van der Waals surface area contributed by atoms with Gasteiger partial charge in [0.2, 0.25) is 0 Å². The maximum Gasteiger partial charge on any atom is 0.146 e. The van der Waals surface area contributed by atoms with E-state index in [1.165, 1.54) is 0 Å². The molecule has 0 aliphatic rings. The Morgan fingerprint density at radius 1 is 1.54 bits per heavy atom. The lowest BCUT2D eigenvalue weighted by molar-refractivity contribution is -0.488. The summed E-state index contributed by atoms with van der Waals surface area (Å²) in [7, 11) is 3.79. The van der Waals surface area contributed by atoms with E-state index in [1.807, 2.05) is 18.7 Å². The zero-order valence-electron chi connectivity index (χ0n) is 8.97. The van der Waals surface area contributed by atoms with E-state index in [-0.39, 0.29) is 11.8 Å². The number of likely N-dealkylation sites (N-methyl/N-ethyl adjacent to an activating group) is 1. The second-order valence-electron chi connectivity index (χ2n) is 3.53. The minimum atomic E-state index is 0.0371. The number of ketones is 1. The molecule has 0 heterocycles. The minimum Gasteiger partial charge on any atom is -0.311 e.